The molecule has 0 unspecified atom stereocenters. The van der Waals surface area contributed by atoms with Crippen LogP contribution >= 0.6 is 24.8 Å². The number of carboxylic acids is 1. The lowest BCUT2D eigenvalue weighted by molar-refractivity contribution is -0.138. The number of anilines is 1. The predicted octanol–water partition coefficient (Wildman–Crippen LogP) is 2.72. The van der Waals surface area contributed by atoms with Crippen molar-refractivity contribution in [3.8, 4) is 0 Å². The van der Waals surface area contributed by atoms with Gasteiger partial charge in [0, 0.05) is 18.3 Å². The van der Waals surface area contributed by atoms with Crippen molar-refractivity contribution in [3.05, 3.63) is 29.8 Å². The third-order valence-corrected chi connectivity index (χ3v) is 3.00. The smallest absolute Gasteiger partial charge is 0.320 e. The summed E-state index contributed by atoms with van der Waals surface area (Å²) in [4.78, 5) is 13.0. The number of hydrogen-bond acceptors (Lipinski definition) is 3. The second-order valence-corrected chi connectivity index (χ2v) is 4.70. The van der Waals surface area contributed by atoms with Crippen LogP contribution < -0.4 is 10.6 Å². The second-order valence-electron chi connectivity index (χ2n) is 4.70. The van der Waals surface area contributed by atoms with E-state index in [-0.39, 0.29) is 24.8 Å². The molecule has 1 aromatic carbocycles. The quantitative estimate of drug-likeness (QED) is 0.845. The molecule has 1 rings (SSSR count). The Kier molecular flexibility index (Phi) is 10.5. The number of carboxylic acid groups (broad SMARTS) is 1. The van der Waals surface area contributed by atoms with Crippen LogP contribution in [0.4, 0.5) is 5.69 Å². The molecule has 0 aliphatic carbocycles. The highest BCUT2D eigenvalue weighted by Gasteiger charge is 2.13. The largest absolute Gasteiger partial charge is 0.480 e. The predicted molar refractivity (Wildman–Crippen MR) is 88.4 cm³/mol. The maximum atomic E-state index is 10.7. The molecule has 0 amide bonds. The summed E-state index contributed by atoms with van der Waals surface area (Å²) in [5, 5.41) is 8.76. The standard InChI is InChI=1S/C14H22N2O2.2ClH/c1-4-16(10(2)3)12-7-5-11(6-8-12)9-13(15)14(17)18;;/h5-8,10,13H,4,9,15H2,1-3H3,(H,17,18);2*1H/t13-;;/m0../s1. The molecule has 0 aliphatic rings. The van der Waals surface area contributed by atoms with Gasteiger partial charge in [-0.1, -0.05) is 12.1 Å². The van der Waals surface area contributed by atoms with Crippen LogP contribution in [-0.4, -0.2) is 29.7 Å². The molecule has 1 aromatic rings. The molecule has 0 bridgehead atoms. The van der Waals surface area contributed by atoms with E-state index in [1.54, 1.807) is 0 Å². The lowest BCUT2D eigenvalue weighted by Crippen LogP contribution is -2.32. The van der Waals surface area contributed by atoms with Crippen LogP contribution in [0.5, 0.6) is 0 Å². The van der Waals surface area contributed by atoms with Gasteiger partial charge in [0.05, 0.1) is 0 Å². The Morgan fingerprint density at radius 2 is 1.75 bits per heavy atom. The van der Waals surface area contributed by atoms with Crippen LogP contribution in [0.2, 0.25) is 0 Å². The Hall–Kier alpha value is -0.970. The summed E-state index contributed by atoms with van der Waals surface area (Å²) in [6.07, 6.45) is 0.365. The number of rotatable bonds is 6. The molecule has 0 aliphatic heterocycles. The molecular formula is C14H24Cl2N2O2. The van der Waals surface area contributed by atoms with E-state index < -0.39 is 12.0 Å². The maximum Gasteiger partial charge on any atom is 0.320 e. The normalized spacial score (nSPS) is 11.2. The van der Waals surface area contributed by atoms with E-state index in [0.29, 0.717) is 12.5 Å². The third-order valence-electron chi connectivity index (χ3n) is 3.00. The summed E-state index contributed by atoms with van der Waals surface area (Å²) in [7, 11) is 0. The maximum absolute atomic E-state index is 10.7. The fraction of sp³-hybridized carbons (Fsp3) is 0.500. The number of nitrogens with two attached hydrogens (primary N) is 1. The highest BCUT2D eigenvalue weighted by atomic mass is 35.5. The Labute approximate surface area is 133 Å². The van der Waals surface area contributed by atoms with Crippen LogP contribution in [-0.2, 0) is 11.2 Å². The fourth-order valence-corrected chi connectivity index (χ4v) is 2.01. The molecule has 3 N–H and O–H groups in total. The van der Waals surface area contributed by atoms with Gasteiger partial charge in [-0.25, -0.2) is 0 Å². The molecule has 116 valence electrons. The Morgan fingerprint density at radius 3 is 2.10 bits per heavy atom. The van der Waals surface area contributed by atoms with Crippen molar-refractivity contribution in [2.45, 2.75) is 39.3 Å². The average molecular weight is 323 g/mol. The first-order valence-electron chi connectivity index (χ1n) is 6.29. The molecule has 0 saturated heterocycles. The van der Waals surface area contributed by atoms with E-state index >= 15 is 0 Å². The minimum atomic E-state index is -0.962. The molecule has 4 nitrogen and oxygen atoms in total. The summed E-state index contributed by atoms with van der Waals surface area (Å²) in [6.45, 7) is 7.37. The molecule has 1 atom stereocenters. The van der Waals surface area contributed by atoms with Crippen LogP contribution in [0.1, 0.15) is 26.3 Å². The molecule has 0 aromatic heterocycles. The van der Waals surface area contributed by atoms with Crippen LogP contribution in [0, 0.1) is 0 Å². The van der Waals surface area contributed by atoms with Crippen molar-refractivity contribution in [2.75, 3.05) is 11.4 Å². The number of hydrogen-bond donors (Lipinski definition) is 2. The van der Waals surface area contributed by atoms with Gasteiger partial charge >= 0.3 is 5.97 Å². The van der Waals surface area contributed by atoms with E-state index in [2.05, 4.69) is 25.7 Å². The van der Waals surface area contributed by atoms with Crippen LogP contribution in [0.15, 0.2) is 24.3 Å². The summed E-state index contributed by atoms with van der Waals surface area (Å²) in [5.74, 6) is -0.962. The van der Waals surface area contributed by atoms with E-state index in [1.165, 1.54) is 0 Å². The third kappa shape index (κ3) is 5.99. The number of benzene rings is 1. The first-order chi connectivity index (χ1) is 8.45. The fourth-order valence-electron chi connectivity index (χ4n) is 2.01. The monoisotopic (exact) mass is 322 g/mol. The Morgan fingerprint density at radius 1 is 1.25 bits per heavy atom. The molecule has 0 spiro atoms. The first kappa shape index (κ1) is 21.3. The summed E-state index contributed by atoms with van der Waals surface area (Å²) in [5.41, 5.74) is 7.62. The minimum Gasteiger partial charge on any atom is -0.480 e. The van der Waals surface area contributed by atoms with Crippen molar-refractivity contribution in [1.29, 1.82) is 0 Å². The van der Waals surface area contributed by atoms with Gasteiger partial charge in [-0.2, -0.15) is 0 Å². The highest BCUT2D eigenvalue weighted by molar-refractivity contribution is 5.85. The van der Waals surface area contributed by atoms with E-state index in [4.69, 9.17) is 10.8 Å². The van der Waals surface area contributed by atoms with Gasteiger partial charge in [-0.05, 0) is 44.9 Å². The lowest BCUT2D eigenvalue weighted by atomic mass is 10.1. The van der Waals surface area contributed by atoms with Crippen molar-refractivity contribution in [3.63, 3.8) is 0 Å². The van der Waals surface area contributed by atoms with Gasteiger partial charge in [-0.15, -0.1) is 24.8 Å². The zero-order valence-electron chi connectivity index (χ0n) is 12.1. The number of aliphatic carboxylic acids is 1. The zero-order valence-corrected chi connectivity index (χ0v) is 13.7. The number of carbonyl (C=O) groups is 1. The SMILES string of the molecule is CCN(c1ccc(C[C@H](N)C(=O)O)cc1)C(C)C.Cl.Cl. The summed E-state index contributed by atoms with van der Waals surface area (Å²) < 4.78 is 0. The number of halogens is 2. The zero-order chi connectivity index (χ0) is 13.7. The van der Waals surface area contributed by atoms with Crippen molar-refractivity contribution < 1.29 is 9.90 Å². The van der Waals surface area contributed by atoms with Crippen LogP contribution in [0.25, 0.3) is 0 Å². The van der Waals surface area contributed by atoms with Crippen molar-refractivity contribution >= 4 is 36.5 Å². The molecule has 0 saturated carbocycles. The molecule has 0 heterocycles. The van der Waals surface area contributed by atoms with Gasteiger partial charge < -0.3 is 15.7 Å². The van der Waals surface area contributed by atoms with E-state index in [9.17, 15) is 4.79 Å². The van der Waals surface area contributed by atoms with Gasteiger partial charge in [0.15, 0.2) is 0 Å². The van der Waals surface area contributed by atoms with Gasteiger partial charge in [0.25, 0.3) is 0 Å². The van der Waals surface area contributed by atoms with Crippen LogP contribution in [0.3, 0.4) is 0 Å². The molecule has 20 heavy (non-hydrogen) atoms. The summed E-state index contributed by atoms with van der Waals surface area (Å²) >= 11 is 0. The molecular weight excluding hydrogens is 299 g/mol. The van der Waals surface area contributed by atoms with E-state index in [0.717, 1.165) is 17.8 Å². The Bertz CT molecular complexity index is 397. The molecule has 0 fully saturated rings. The van der Waals surface area contributed by atoms with Gasteiger partial charge in [0.1, 0.15) is 6.04 Å². The van der Waals surface area contributed by atoms with Gasteiger partial charge in [0.2, 0.25) is 0 Å². The van der Waals surface area contributed by atoms with Crippen molar-refractivity contribution in [2.24, 2.45) is 5.73 Å². The second kappa shape index (κ2) is 9.86. The van der Waals surface area contributed by atoms with E-state index in [1.807, 2.05) is 24.3 Å². The van der Waals surface area contributed by atoms with Gasteiger partial charge in [-0.3, -0.25) is 4.79 Å². The molecule has 6 heteroatoms. The minimum absolute atomic E-state index is 0. The Balaban J connectivity index is 0. The topological polar surface area (TPSA) is 66.6 Å². The number of nitrogens with zero attached hydrogens (tertiary/aromatic N) is 1. The average Bonchev–Trinajstić information content (AvgIpc) is 2.31. The lowest BCUT2D eigenvalue weighted by Gasteiger charge is -2.27. The summed E-state index contributed by atoms with van der Waals surface area (Å²) in [6, 6.07) is 7.55. The highest BCUT2D eigenvalue weighted by Crippen LogP contribution is 2.18. The van der Waals surface area contributed by atoms with Crippen molar-refractivity contribution in [1.82, 2.24) is 0 Å². The molecule has 0 radical (unpaired) electrons. The first-order valence-corrected chi connectivity index (χ1v) is 6.29.